The Bertz CT molecular complexity index is 448. The van der Waals surface area contributed by atoms with E-state index in [0.29, 0.717) is 18.6 Å². The van der Waals surface area contributed by atoms with E-state index in [1.54, 1.807) is 12.1 Å². The minimum Gasteiger partial charge on any atom is -0.478 e. The zero-order valence-corrected chi connectivity index (χ0v) is 8.34. The van der Waals surface area contributed by atoms with E-state index in [1.807, 2.05) is 0 Å². The van der Waals surface area contributed by atoms with Crippen LogP contribution in [0.25, 0.3) is 0 Å². The smallest absolute Gasteiger partial charge is 0.336 e. The standard InChI is InChI=1S/C11H10O5/c12-10(13)8-3-1-2-6(4-7-5-16-7)9(8)11(14)15/h1-3,7H,4-5H2,(H,12,13)(H,14,15). The van der Waals surface area contributed by atoms with Crippen molar-refractivity contribution in [1.29, 1.82) is 0 Å². The molecule has 16 heavy (non-hydrogen) atoms. The lowest BCUT2D eigenvalue weighted by Crippen LogP contribution is -2.12. The maximum atomic E-state index is 11.0. The average Bonchev–Trinajstić information content (AvgIpc) is 3.00. The van der Waals surface area contributed by atoms with E-state index < -0.39 is 11.9 Å². The zero-order valence-electron chi connectivity index (χ0n) is 8.34. The molecule has 0 bridgehead atoms. The third-order valence-electron chi connectivity index (χ3n) is 2.44. The predicted octanol–water partition coefficient (Wildman–Crippen LogP) is 1.02. The van der Waals surface area contributed by atoms with Crippen molar-refractivity contribution in [3.05, 3.63) is 34.9 Å². The molecule has 0 radical (unpaired) electrons. The van der Waals surface area contributed by atoms with Crippen LogP contribution in [0.3, 0.4) is 0 Å². The fourth-order valence-electron chi connectivity index (χ4n) is 1.63. The fraction of sp³-hybridized carbons (Fsp3) is 0.273. The number of aromatic carboxylic acids is 2. The molecule has 0 saturated carbocycles. The summed E-state index contributed by atoms with van der Waals surface area (Å²) in [7, 11) is 0. The Morgan fingerprint density at radius 2 is 2.00 bits per heavy atom. The van der Waals surface area contributed by atoms with Crippen LogP contribution in [0.2, 0.25) is 0 Å². The average molecular weight is 222 g/mol. The summed E-state index contributed by atoms with van der Waals surface area (Å²) in [6.45, 7) is 0.607. The Morgan fingerprint density at radius 1 is 1.31 bits per heavy atom. The van der Waals surface area contributed by atoms with Crippen LogP contribution in [0.5, 0.6) is 0 Å². The van der Waals surface area contributed by atoms with E-state index in [4.69, 9.17) is 14.9 Å². The molecule has 1 aromatic carbocycles. The number of hydrogen-bond donors (Lipinski definition) is 2. The Hall–Kier alpha value is -1.88. The van der Waals surface area contributed by atoms with Crippen LogP contribution in [0.1, 0.15) is 26.3 Å². The maximum absolute atomic E-state index is 11.0. The Labute approximate surface area is 91.3 Å². The highest BCUT2D eigenvalue weighted by Crippen LogP contribution is 2.22. The van der Waals surface area contributed by atoms with Crippen molar-refractivity contribution in [3.63, 3.8) is 0 Å². The zero-order chi connectivity index (χ0) is 11.7. The number of benzene rings is 1. The third kappa shape index (κ3) is 2.04. The van der Waals surface area contributed by atoms with E-state index >= 15 is 0 Å². The van der Waals surface area contributed by atoms with Crippen molar-refractivity contribution in [3.8, 4) is 0 Å². The first-order valence-electron chi connectivity index (χ1n) is 4.79. The Balaban J connectivity index is 2.45. The van der Waals surface area contributed by atoms with Crippen LogP contribution in [0, 0.1) is 0 Å². The molecule has 0 amide bonds. The van der Waals surface area contributed by atoms with E-state index in [1.165, 1.54) is 6.07 Å². The molecule has 1 aliphatic rings. The van der Waals surface area contributed by atoms with Gasteiger partial charge in [0.1, 0.15) is 0 Å². The molecule has 0 spiro atoms. The van der Waals surface area contributed by atoms with Gasteiger partial charge >= 0.3 is 11.9 Å². The van der Waals surface area contributed by atoms with Crippen molar-refractivity contribution < 1.29 is 24.5 Å². The molecule has 5 heteroatoms. The SMILES string of the molecule is O=C(O)c1cccc(CC2CO2)c1C(=O)O. The molecular weight excluding hydrogens is 212 g/mol. The predicted molar refractivity (Wildman–Crippen MR) is 53.8 cm³/mol. The van der Waals surface area contributed by atoms with Gasteiger partial charge in [0.05, 0.1) is 23.8 Å². The highest BCUT2D eigenvalue weighted by molar-refractivity contribution is 6.02. The summed E-state index contributed by atoms with van der Waals surface area (Å²) in [5.41, 5.74) is 0.200. The van der Waals surface area contributed by atoms with E-state index in [-0.39, 0.29) is 17.2 Å². The number of epoxide rings is 1. The van der Waals surface area contributed by atoms with Crippen LogP contribution in [0.15, 0.2) is 18.2 Å². The van der Waals surface area contributed by atoms with Crippen LogP contribution in [-0.4, -0.2) is 34.9 Å². The topological polar surface area (TPSA) is 87.1 Å². The number of carbonyl (C=O) groups is 2. The van der Waals surface area contributed by atoms with E-state index in [2.05, 4.69) is 0 Å². The van der Waals surface area contributed by atoms with Gasteiger partial charge in [-0.2, -0.15) is 0 Å². The highest BCUT2D eigenvalue weighted by Gasteiger charge is 2.27. The first-order valence-corrected chi connectivity index (χ1v) is 4.79. The second-order valence-corrected chi connectivity index (χ2v) is 3.61. The molecule has 1 aromatic rings. The molecule has 2 N–H and O–H groups in total. The van der Waals surface area contributed by atoms with Gasteiger partial charge in [-0.05, 0) is 11.6 Å². The van der Waals surface area contributed by atoms with Crippen molar-refractivity contribution in [2.24, 2.45) is 0 Å². The molecule has 1 unspecified atom stereocenters. The number of carboxylic acid groups (broad SMARTS) is 2. The monoisotopic (exact) mass is 222 g/mol. The number of rotatable bonds is 4. The summed E-state index contributed by atoms with van der Waals surface area (Å²) in [5.74, 6) is -2.44. The fourth-order valence-corrected chi connectivity index (χ4v) is 1.63. The summed E-state index contributed by atoms with van der Waals surface area (Å²) < 4.78 is 5.01. The molecule has 5 nitrogen and oxygen atoms in total. The largest absolute Gasteiger partial charge is 0.478 e. The van der Waals surface area contributed by atoms with Crippen LogP contribution in [-0.2, 0) is 11.2 Å². The van der Waals surface area contributed by atoms with Crippen LogP contribution in [0.4, 0.5) is 0 Å². The van der Waals surface area contributed by atoms with Gasteiger partial charge in [0.25, 0.3) is 0 Å². The molecular formula is C11H10O5. The van der Waals surface area contributed by atoms with Gasteiger partial charge in [-0.25, -0.2) is 9.59 Å². The van der Waals surface area contributed by atoms with Gasteiger partial charge in [0, 0.05) is 6.42 Å². The van der Waals surface area contributed by atoms with Crippen molar-refractivity contribution in [1.82, 2.24) is 0 Å². The lowest BCUT2D eigenvalue weighted by Gasteiger charge is -2.07. The summed E-state index contributed by atoms with van der Waals surface area (Å²) >= 11 is 0. The minimum atomic E-state index is -1.23. The summed E-state index contributed by atoms with van der Waals surface area (Å²) in [6, 6.07) is 4.47. The first-order chi connectivity index (χ1) is 7.59. The van der Waals surface area contributed by atoms with E-state index in [9.17, 15) is 9.59 Å². The van der Waals surface area contributed by atoms with Crippen molar-refractivity contribution in [2.75, 3.05) is 6.61 Å². The molecule has 0 aliphatic carbocycles. The molecule has 1 saturated heterocycles. The lowest BCUT2D eigenvalue weighted by atomic mass is 9.98. The minimum absolute atomic E-state index is 0.0298. The normalized spacial score (nSPS) is 18.1. The Morgan fingerprint density at radius 3 is 2.50 bits per heavy atom. The lowest BCUT2D eigenvalue weighted by molar-refractivity contribution is 0.0650. The number of carboxylic acids is 2. The second-order valence-electron chi connectivity index (χ2n) is 3.61. The van der Waals surface area contributed by atoms with E-state index in [0.717, 1.165) is 0 Å². The van der Waals surface area contributed by atoms with Gasteiger partial charge < -0.3 is 14.9 Å². The summed E-state index contributed by atoms with van der Waals surface area (Å²) in [5, 5.41) is 17.9. The van der Waals surface area contributed by atoms with Crippen LogP contribution < -0.4 is 0 Å². The molecule has 84 valence electrons. The molecule has 0 aromatic heterocycles. The Kier molecular flexibility index (Phi) is 2.62. The molecule has 1 aliphatic heterocycles. The van der Waals surface area contributed by atoms with Crippen molar-refractivity contribution in [2.45, 2.75) is 12.5 Å². The molecule has 2 rings (SSSR count). The second kappa shape index (κ2) is 3.94. The first kappa shape index (κ1) is 10.6. The van der Waals surface area contributed by atoms with Gasteiger partial charge in [0.15, 0.2) is 0 Å². The van der Waals surface area contributed by atoms with Crippen molar-refractivity contribution >= 4 is 11.9 Å². The molecule has 1 heterocycles. The summed E-state index contributed by atoms with van der Waals surface area (Å²) in [4.78, 5) is 21.9. The highest BCUT2D eigenvalue weighted by atomic mass is 16.6. The number of hydrogen-bond acceptors (Lipinski definition) is 3. The maximum Gasteiger partial charge on any atom is 0.336 e. The van der Waals surface area contributed by atoms with Gasteiger partial charge in [-0.1, -0.05) is 12.1 Å². The van der Waals surface area contributed by atoms with Gasteiger partial charge in [-0.3, -0.25) is 0 Å². The number of ether oxygens (including phenoxy) is 1. The quantitative estimate of drug-likeness (QED) is 0.743. The van der Waals surface area contributed by atoms with Crippen LogP contribution >= 0.6 is 0 Å². The van der Waals surface area contributed by atoms with Gasteiger partial charge in [0.2, 0.25) is 0 Å². The third-order valence-corrected chi connectivity index (χ3v) is 2.44. The van der Waals surface area contributed by atoms with Gasteiger partial charge in [-0.15, -0.1) is 0 Å². The molecule has 1 fully saturated rings. The molecule has 1 atom stereocenters. The summed E-state index contributed by atoms with van der Waals surface area (Å²) in [6.07, 6.45) is 0.477.